The van der Waals surface area contributed by atoms with Gasteiger partial charge in [-0.1, -0.05) is 25.8 Å². The Hall–Kier alpha value is -1.09. The lowest BCUT2D eigenvalue weighted by Crippen LogP contribution is -2.29. The lowest BCUT2D eigenvalue weighted by molar-refractivity contribution is 0.312. The zero-order valence-electron chi connectivity index (χ0n) is 10.8. The highest BCUT2D eigenvalue weighted by atomic mass is 16.5. The summed E-state index contributed by atoms with van der Waals surface area (Å²) in [5.41, 5.74) is 1.63. The van der Waals surface area contributed by atoms with Crippen molar-refractivity contribution in [3.05, 3.63) is 23.9 Å². The van der Waals surface area contributed by atoms with Gasteiger partial charge in [0.1, 0.15) is 0 Å². The van der Waals surface area contributed by atoms with E-state index in [1.54, 1.807) is 13.3 Å². The predicted molar refractivity (Wildman–Crippen MR) is 69.1 cm³/mol. The first kappa shape index (κ1) is 12.4. The molecule has 0 amide bonds. The lowest BCUT2D eigenvalue weighted by Gasteiger charge is -2.23. The SMILES string of the molecule is COc1ncccc1CNCC1(C)CCCC1. The Kier molecular flexibility index (Phi) is 4.00. The molecule has 0 atom stereocenters. The summed E-state index contributed by atoms with van der Waals surface area (Å²) in [6.45, 7) is 4.31. The summed E-state index contributed by atoms with van der Waals surface area (Å²) in [6.07, 6.45) is 7.23. The number of hydrogen-bond acceptors (Lipinski definition) is 3. The van der Waals surface area contributed by atoms with Gasteiger partial charge in [-0.2, -0.15) is 0 Å². The van der Waals surface area contributed by atoms with Crippen molar-refractivity contribution in [1.29, 1.82) is 0 Å². The van der Waals surface area contributed by atoms with Crippen LogP contribution in [0.5, 0.6) is 5.88 Å². The maximum absolute atomic E-state index is 5.24. The van der Waals surface area contributed by atoms with Crippen LogP contribution < -0.4 is 10.1 Å². The van der Waals surface area contributed by atoms with Crippen LogP contribution in [0.3, 0.4) is 0 Å². The number of hydrogen-bond donors (Lipinski definition) is 1. The molecule has 1 aliphatic rings. The molecule has 1 heterocycles. The molecule has 0 aliphatic heterocycles. The smallest absolute Gasteiger partial charge is 0.217 e. The van der Waals surface area contributed by atoms with E-state index in [1.165, 1.54) is 25.7 Å². The number of nitrogens with one attached hydrogen (secondary N) is 1. The fraction of sp³-hybridized carbons (Fsp3) is 0.643. The van der Waals surface area contributed by atoms with Crippen LogP contribution in [0.1, 0.15) is 38.2 Å². The van der Waals surface area contributed by atoms with E-state index in [0.29, 0.717) is 5.41 Å². The molecule has 0 aromatic carbocycles. The zero-order chi connectivity index (χ0) is 12.1. The zero-order valence-corrected chi connectivity index (χ0v) is 10.8. The Morgan fingerprint density at radius 1 is 1.41 bits per heavy atom. The molecule has 1 aromatic heterocycles. The second-order valence-corrected chi connectivity index (χ2v) is 5.29. The van der Waals surface area contributed by atoms with Crippen molar-refractivity contribution in [2.45, 2.75) is 39.2 Å². The minimum absolute atomic E-state index is 0.495. The molecule has 0 bridgehead atoms. The van der Waals surface area contributed by atoms with Gasteiger partial charge in [0.25, 0.3) is 0 Å². The first-order valence-electron chi connectivity index (χ1n) is 6.42. The molecule has 1 fully saturated rings. The van der Waals surface area contributed by atoms with E-state index in [4.69, 9.17) is 4.74 Å². The molecule has 0 saturated heterocycles. The molecule has 1 saturated carbocycles. The van der Waals surface area contributed by atoms with Gasteiger partial charge in [0, 0.05) is 24.8 Å². The molecule has 2 rings (SSSR count). The molecule has 0 spiro atoms. The Morgan fingerprint density at radius 2 is 2.18 bits per heavy atom. The van der Waals surface area contributed by atoms with Gasteiger partial charge in [0.05, 0.1) is 7.11 Å². The topological polar surface area (TPSA) is 34.1 Å². The van der Waals surface area contributed by atoms with Gasteiger partial charge in [0.15, 0.2) is 0 Å². The van der Waals surface area contributed by atoms with Gasteiger partial charge in [-0.05, 0) is 24.3 Å². The first-order valence-corrected chi connectivity index (χ1v) is 6.42. The van der Waals surface area contributed by atoms with Crippen LogP contribution in [0.2, 0.25) is 0 Å². The normalized spacial score (nSPS) is 18.2. The highest BCUT2D eigenvalue weighted by molar-refractivity contribution is 5.24. The van der Waals surface area contributed by atoms with Gasteiger partial charge in [-0.3, -0.25) is 0 Å². The molecule has 0 radical (unpaired) electrons. The third-order valence-corrected chi connectivity index (χ3v) is 3.72. The summed E-state index contributed by atoms with van der Waals surface area (Å²) in [6, 6.07) is 4.02. The van der Waals surface area contributed by atoms with Crippen molar-refractivity contribution in [3.8, 4) is 5.88 Å². The van der Waals surface area contributed by atoms with Gasteiger partial charge in [0.2, 0.25) is 5.88 Å². The average molecular weight is 234 g/mol. The van der Waals surface area contributed by atoms with Gasteiger partial charge < -0.3 is 10.1 Å². The standard InChI is InChI=1S/C14H22N2O/c1-14(7-3-4-8-14)11-15-10-12-6-5-9-16-13(12)17-2/h5-6,9,15H,3-4,7-8,10-11H2,1-2H3. The van der Waals surface area contributed by atoms with E-state index in [9.17, 15) is 0 Å². The fourth-order valence-electron chi connectivity index (χ4n) is 2.65. The summed E-state index contributed by atoms with van der Waals surface area (Å²) >= 11 is 0. The van der Waals surface area contributed by atoms with Crippen LogP contribution in [0.4, 0.5) is 0 Å². The number of rotatable bonds is 5. The van der Waals surface area contributed by atoms with Crippen molar-refractivity contribution in [3.63, 3.8) is 0 Å². The number of methoxy groups -OCH3 is 1. The van der Waals surface area contributed by atoms with Crippen molar-refractivity contribution in [1.82, 2.24) is 10.3 Å². The maximum atomic E-state index is 5.24. The van der Waals surface area contributed by atoms with Crippen molar-refractivity contribution in [2.24, 2.45) is 5.41 Å². The minimum Gasteiger partial charge on any atom is -0.481 e. The van der Waals surface area contributed by atoms with Crippen LogP contribution in [-0.2, 0) is 6.54 Å². The van der Waals surface area contributed by atoms with Crippen LogP contribution in [0, 0.1) is 5.41 Å². The van der Waals surface area contributed by atoms with E-state index >= 15 is 0 Å². The summed E-state index contributed by atoms with van der Waals surface area (Å²) in [5, 5.41) is 3.54. The number of ether oxygens (including phenoxy) is 1. The van der Waals surface area contributed by atoms with Crippen molar-refractivity contribution < 1.29 is 4.74 Å². The number of pyridine rings is 1. The monoisotopic (exact) mass is 234 g/mol. The van der Waals surface area contributed by atoms with Gasteiger partial charge in [-0.25, -0.2) is 4.98 Å². The van der Waals surface area contributed by atoms with Crippen LogP contribution in [0.15, 0.2) is 18.3 Å². The number of aromatic nitrogens is 1. The molecular formula is C14H22N2O. The third-order valence-electron chi connectivity index (χ3n) is 3.72. The second kappa shape index (κ2) is 5.50. The molecule has 1 aliphatic carbocycles. The highest BCUT2D eigenvalue weighted by Crippen LogP contribution is 2.36. The van der Waals surface area contributed by atoms with Crippen LogP contribution >= 0.6 is 0 Å². The minimum atomic E-state index is 0.495. The van der Waals surface area contributed by atoms with E-state index in [1.807, 2.05) is 6.07 Å². The van der Waals surface area contributed by atoms with Crippen molar-refractivity contribution >= 4 is 0 Å². The number of nitrogens with zero attached hydrogens (tertiary/aromatic N) is 1. The van der Waals surface area contributed by atoms with Gasteiger partial charge in [-0.15, -0.1) is 0 Å². The van der Waals surface area contributed by atoms with E-state index < -0.39 is 0 Å². The third kappa shape index (κ3) is 3.19. The quantitative estimate of drug-likeness (QED) is 0.850. The lowest BCUT2D eigenvalue weighted by atomic mass is 9.89. The van der Waals surface area contributed by atoms with Crippen LogP contribution in [0.25, 0.3) is 0 Å². The maximum Gasteiger partial charge on any atom is 0.217 e. The summed E-state index contributed by atoms with van der Waals surface area (Å²) < 4.78 is 5.24. The Labute approximate surface area is 104 Å². The summed E-state index contributed by atoms with van der Waals surface area (Å²) in [4.78, 5) is 4.20. The van der Waals surface area contributed by atoms with Gasteiger partial charge >= 0.3 is 0 Å². The van der Waals surface area contributed by atoms with E-state index in [-0.39, 0.29) is 0 Å². The van der Waals surface area contributed by atoms with E-state index in [2.05, 4.69) is 23.3 Å². The second-order valence-electron chi connectivity index (χ2n) is 5.29. The molecule has 94 valence electrons. The fourth-order valence-corrected chi connectivity index (χ4v) is 2.65. The Morgan fingerprint density at radius 3 is 2.88 bits per heavy atom. The van der Waals surface area contributed by atoms with Crippen LogP contribution in [-0.4, -0.2) is 18.6 Å². The predicted octanol–water partition coefficient (Wildman–Crippen LogP) is 2.76. The average Bonchev–Trinajstić information content (AvgIpc) is 2.77. The molecular weight excluding hydrogens is 212 g/mol. The Bertz CT molecular complexity index is 359. The highest BCUT2D eigenvalue weighted by Gasteiger charge is 2.27. The molecule has 1 N–H and O–H groups in total. The summed E-state index contributed by atoms with van der Waals surface area (Å²) in [5.74, 6) is 0.733. The molecule has 17 heavy (non-hydrogen) atoms. The molecule has 3 heteroatoms. The molecule has 3 nitrogen and oxygen atoms in total. The van der Waals surface area contributed by atoms with E-state index in [0.717, 1.165) is 24.5 Å². The summed E-state index contributed by atoms with van der Waals surface area (Å²) in [7, 11) is 1.67. The van der Waals surface area contributed by atoms with Crippen molar-refractivity contribution in [2.75, 3.05) is 13.7 Å². The first-order chi connectivity index (χ1) is 8.23. The molecule has 0 unspecified atom stereocenters. The Balaban J connectivity index is 1.85. The largest absolute Gasteiger partial charge is 0.481 e. The molecule has 1 aromatic rings.